The molecule has 0 aliphatic heterocycles. The average Bonchev–Trinajstić information content (AvgIpc) is 2.61. The molecule has 0 N–H and O–H groups in total. The molecule has 0 heterocycles. The lowest BCUT2D eigenvalue weighted by Crippen LogP contribution is -2.54. The van der Waals surface area contributed by atoms with Crippen molar-refractivity contribution in [2.24, 2.45) is 51.8 Å². The predicted octanol–water partition coefficient (Wildman–Crippen LogP) is 7.18. The monoisotopic (exact) mass is 318 g/mol. The summed E-state index contributed by atoms with van der Waals surface area (Å²) in [6, 6.07) is 0. The van der Waals surface area contributed by atoms with Gasteiger partial charge in [0.05, 0.1) is 0 Å². The Morgan fingerprint density at radius 3 is 2.17 bits per heavy atom. The fraction of sp³-hybridized carbons (Fsp3) is 1.00. The van der Waals surface area contributed by atoms with Crippen LogP contribution in [0.3, 0.4) is 0 Å². The first-order valence-corrected chi connectivity index (χ1v) is 10.6. The molecule has 0 heteroatoms. The minimum atomic E-state index is 0.568. The molecule has 0 saturated heterocycles. The molecule has 2 bridgehead atoms. The maximum absolute atomic E-state index is 2.71. The van der Waals surface area contributed by atoms with Crippen molar-refractivity contribution in [3.8, 4) is 0 Å². The van der Waals surface area contributed by atoms with Crippen LogP contribution < -0.4 is 0 Å². The summed E-state index contributed by atoms with van der Waals surface area (Å²) in [5.74, 6) is 5.50. The lowest BCUT2D eigenvalue weighted by molar-refractivity contribution is -0.119. The van der Waals surface area contributed by atoms with Gasteiger partial charge in [0.25, 0.3) is 0 Å². The normalized spacial score (nSPS) is 56.5. The predicted molar refractivity (Wildman–Crippen MR) is 101 cm³/mol. The van der Waals surface area contributed by atoms with E-state index >= 15 is 0 Å². The van der Waals surface area contributed by atoms with Crippen LogP contribution in [-0.2, 0) is 0 Å². The van der Waals surface area contributed by atoms with Gasteiger partial charge in [0.2, 0.25) is 0 Å². The van der Waals surface area contributed by atoms with Gasteiger partial charge in [-0.25, -0.2) is 0 Å². The zero-order chi connectivity index (χ0) is 17.2. The molecule has 3 aliphatic carbocycles. The molecule has 0 aromatic rings. The Kier molecular flexibility index (Phi) is 4.26. The molecule has 0 radical (unpaired) electrons. The highest BCUT2D eigenvalue weighted by molar-refractivity contribution is 5.15. The third kappa shape index (κ3) is 2.22. The molecule has 8 atom stereocenters. The molecule has 3 rings (SSSR count). The van der Waals surface area contributed by atoms with Crippen molar-refractivity contribution < 1.29 is 0 Å². The van der Waals surface area contributed by atoms with Gasteiger partial charge in [-0.3, -0.25) is 0 Å². The standard InChI is InChI=1S/C23H42/c1-9-18-16(4)20-14-21(6)12-13-22(7,17(21)5)23(20,8)11-10-19(18)15(2)3/h15-20H,9-14H2,1-8H3. The third-order valence-electron chi connectivity index (χ3n) is 10.2. The van der Waals surface area contributed by atoms with Crippen LogP contribution in [0.2, 0.25) is 0 Å². The Bertz CT molecular complexity index is 451. The van der Waals surface area contributed by atoms with E-state index < -0.39 is 0 Å². The first kappa shape index (κ1) is 17.8. The maximum atomic E-state index is 2.71. The summed E-state index contributed by atoms with van der Waals surface area (Å²) >= 11 is 0. The van der Waals surface area contributed by atoms with Gasteiger partial charge in [-0.1, -0.05) is 61.8 Å². The van der Waals surface area contributed by atoms with E-state index in [-0.39, 0.29) is 0 Å². The topological polar surface area (TPSA) is 0 Å². The van der Waals surface area contributed by atoms with Crippen LogP contribution in [0.15, 0.2) is 0 Å². The summed E-state index contributed by atoms with van der Waals surface area (Å²) in [5.41, 5.74) is 1.76. The molecule has 0 spiro atoms. The first-order chi connectivity index (χ1) is 10.6. The van der Waals surface area contributed by atoms with Crippen molar-refractivity contribution in [2.45, 2.75) is 93.9 Å². The van der Waals surface area contributed by atoms with Crippen LogP contribution in [0.5, 0.6) is 0 Å². The highest BCUT2D eigenvalue weighted by Crippen LogP contribution is 2.74. The van der Waals surface area contributed by atoms with Crippen molar-refractivity contribution in [3.63, 3.8) is 0 Å². The van der Waals surface area contributed by atoms with Crippen molar-refractivity contribution in [2.75, 3.05) is 0 Å². The van der Waals surface area contributed by atoms with Gasteiger partial charge in [0.1, 0.15) is 0 Å². The molecule has 0 nitrogen and oxygen atoms in total. The molecule has 0 aromatic carbocycles. The summed E-state index contributed by atoms with van der Waals surface area (Å²) in [5, 5.41) is 0. The van der Waals surface area contributed by atoms with E-state index in [4.69, 9.17) is 0 Å². The number of hydrogen-bond acceptors (Lipinski definition) is 0. The van der Waals surface area contributed by atoms with Crippen LogP contribution in [0, 0.1) is 51.8 Å². The van der Waals surface area contributed by atoms with E-state index in [1.807, 2.05) is 0 Å². The van der Waals surface area contributed by atoms with E-state index in [0.29, 0.717) is 16.2 Å². The van der Waals surface area contributed by atoms with E-state index in [1.54, 1.807) is 0 Å². The fourth-order valence-corrected chi connectivity index (χ4v) is 8.07. The van der Waals surface area contributed by atoms with E-state index in [9.17, 15) is 0 Å². The summed E-state index contributed by atoms with van der Waals surface area (Å²) < 4.78 is 0. The van der Waals surface area contributed by atoms with Gasteiger partial charge in [-0.2, -0.15) is 0 Å². The Hall–Kier alpha value is 0. The number of hydrogen-bond donors (Lipinski definition) is 0. The van der Waals surface area contributed by atoms with Crippen LogP contribution in [0.25, 0.3) is 0 Å². The SMILES string of the molecule is CCC1C(C)C2CC3(C)CCC(C)(C3C)C2(C)CCC1C(C)C. The number of fused-ring (bicyclic) bond motifs is 4. The van der Waals surface area contributed by atoms with Crippen LogP contribution in [0.1, 0.15) is 93.9 Å². The quantitative estimate of drug-likeness (QED) is 0.505. The lowest BCUT2D eigenvalue weighted by Gasteiger charge is -2.60. The molecular formula is C23H42. The van der Waals surface area contributed by atoms with Gasteiger partial charge >= 0.3 is 0 Å². The summed E-state index contributed by atoms with van der Waals surface area (Å²) in [6.45, 7) is 20.7. The lowest BCUT2D eigenvalue weighted by atomic mass is 9.44. The highest BCUT2D eigenvalue weighted by atomic mass is 14.7. The molecule has 3 fully saturated rings. The smallest absolute Gasteiger partial charge is 0.0238 e. The van der Waals surface area contributed by atoms with E-state index in [2.05, 4.69) is 55.4 Å². The van der Waals surface area contributed by atoms with E-state index in [1.165, 1.54) is 38.5 Å². The zero-order valence-corrected chi connectivity index (χ0v) is 17.2. The Morgan fingerprint density at radius 1 is 0.957 bits per heavy atom. The molecule has 8 unspecified atom stereocenters. The molecule has 0 aromatic heterocycles. The minimum absolute atomic E-state index is 0.568. The zero-order valence-electron chi connectivity index (χ0n) is 17.2. The molecular weight excluding hydrogens is 276 g/mol. The van der Waals surface area contributed by atoms with Gasteiger partial charge in [-0.05, 0) is 83.9 Å². The van der Waals surface area contributed by atoms with Crippen LogP contribution >= 0.6 is 0 Å². The van der Waals surface area contributed by atoms with Gasteiger partial charge in [0, 0.05) is 0 Å². The highest BCUT2D eigenvalue weighted by Gasteiger charge is 2.66. The van der Waals surface area contributed by atoms with Gasteiger partial charge in [0.15, 0.2) is 0 Å². The summed E-state index contributed by atoms with van der Waals surface area (Å²) in [7, 11) is 0. The molecule has 3 saturated carbocycles. The van der Waals surface area contributed by atoms with E-state index in [0.717, 1.165) is 35.5 Å². The van der Waals surface area contributed by atoms with Crippen molar-refractivity contribution in [3.05, 3.63) is 0 Å². The maximum Gasteiger partial charge on any atom is -0.0238 e. The van der Waals surface area contributed by atoms with Crippen LogP contribution in [0.4, 0.5) is 0 Å². The van der Waals surface area contributed by atoms with Crippen molar-refractivity contribution in [1.82, 2.24) is 0 Å². The second-order valence-electron chi connectivity index (χ2n) is 10.9. The third-order valence-corrected chi connectivity index (χ3v) is 10.2. The summed E-state index contributed by atoms with van der Waals surface area (Å²) in [6.07, 6.45) is 8.81. The second-order valence-corrected chi connectivity index (χ2v) is 10.9. The van der Waals surface area contributed by atoms with Crippen molar-refractivity contribution >= 4 is 0 Å². The Balaban J connectivity index is 2.05. The second kappa shape index (κ2) is 5.50. The fourth-order valence-electron chi connectivity index (χ4n) is 8.07. The Labute approximate surface area is 146 Å². The minimum Gasteiger partial charge on any atom is -0.0651 e. The first-order valence-electron chi connectivity index (χ1n) is 10.6. The van der Waals surface area contributed by atoms with Crippen LogP contribution in [-0.4, -0.2) is 0 Å². The van der Waals surface area contributed by atoms with Gasteiger partial charge in [-0.15, -0.1) is 0 Å². The number of rotatable bonds is 2. The van der Waals surface area contributed by atoms with Crippen molar-refractivity contribution in [1.29, 1.82) is 0 Å². The molecule has 3 aliphatic rings. The molecule has 23 heavy (non-hydrogen) atoms. The van der Waals surface area contributed by atoms with Gasteiger partial charge < -0.3 is 0 Å². The Morgan fingerprint density at radius 2 is 1.61 bits per heavy atom. The average molecular weight is 319 g/mol. The molecule has 0 amide bonds. The summed E-state index contributed by atoms with van der Waals surface area (Å²) in [4.78, 5) is 0. The largest absolute Gasteiger partial charge is 0.0651 e. The molecule has 134 valence electrons.